The van der Waals surface area contributed by atoms with Crippen molar-refractivity contribution in [2.24, 2.45) is 5.73 Å². The summed E-state index contributed by atoms with van der Waals surface area (Å²) in [5.74, 6) is -1.31. The third-order valence-electron chi connectivity index (χ3n) is 2.10. The van der Waals surface area contributed by atoms with Gasteiger partial charge in [-0.25, -0.2) is 4.79 Å². The summed E-state index contributed by atoms with van der Waals surface area (Å²) in [6.07, 6.45) is 0.853. The Kier molecular flexibility index (Phi) is 4.93. The van der Waals surface area contributed by atoms with Gasteiger partial charge in [-0.2, -0.15) is 0 Å². The Bertz CT molecular complexity index is 435. The second-order valence-corrected chi connectivity index (χ2v) is 3.85. The van der Waals surface area contributed by atoms with E-state index in [9.17, 15) is 9.59 Å². The van der Waals surface area contributed by atoms with E-state index in [-0.39, 0.29) is 17.9 Å². The van der Waals surface area contributed by atoms with Gasteiger partial charge in [-0.15, -0.1) is 0 Å². The summed E-state index contributed by atoms with van der Waals surface area (Å²) in [5.41, 5.74) is 5.65. The molecule has 0 saturated carbocycles. The number of carbonyl (C=O) groups is 2. The van der Waals surface area contributed by atoms with E-state index >= 15 is 0 Å². The lowest BCUT2D eigenvalue weighted by Gasteiger charge is -2.07. The molecule has 0 heterocycles. The van der Waals surface area contributed by atoms with E-state index in [1.807, 2.05) is 0 Å². The van der Waals surface area contributed by atoms with Crippen LogP contribution in [0.2, 0.25) is 5.02 Å². The zero-order valence-electron chi connectivity index (χ0n) is 9.07. The summed E-state index contributed by atoms with van der Waals surface area (Å²) in [4.78, 5) is 22.2. The molecule has 0 aliphatic carbocycles. The van der Waals surface area contributed by atoms with Crippen LogP contribution in [0, 0.1) is 0 Å². The van der Waals surface area contributed by atoms with E-state index < -0.39 is 5.97 Å². The minimum absolute atomic E-state index is 0.0727. The van der Waals surface area contributed by atoms with Gasteiger partial charge in [-0.3, -0.25) is 4.79 Å². The van der Waals surface area contributed by atoms with Gasteiger partial charge in [0.15, 0.2) is 0 Å². The number of rotatable bonds is 5. The molecule has 0 saturated heterocycles. The molecule has 0 aromatic heterocycles. The Balaban J connectivity index is 2.79. The van der Waals surface area contributed by atoms with E-state index in [4.69, 9.17) is 22.4 Å². The van der Waals surface area contributed by atoms with Crippen molar-refractivity contribution < 1.29 is 14.7 Å². The van der Waals surface area contributed by atoms with Crippen LogP contribution in [-0.4, -0.2) is 23.5 Å². The van der Waals surface area contributed by atoms with Gasteiger partial charge < -0.3 is 16.2 Å². The first-order valence-electron chi connectivity index (χ1n) is 5.07. The Morgan fingerprint density at radius 1 is 1.41 bits per heavy atom. The van der Waals surface area contributed by atoms with Crippen LogP contribution in [0.15, 0.2) is 18.2 Å². The minimum Gasteiger partial charge on any atom is -0.478 e. The van der Waals surface area contributed by atoms with Gasteiger partial charge in [0.05, 0.1) is 16.3 Å². The molecule has 1 amide bonds. The van der Waals surface area contributed by atoms with Crippen molar-refractivity contribution in [3.63, 3.8) is 0 Å². The highest BCUT2D eigenvalue weighted by molar-refractivity contribution is 6.33. The van der Waals surface area contributed by atoms with E-state index in [0.29, 0.717) is 23.7 Å². The Labute approximate surface area is 104 Å². The molecule has 0 atom stereocenters. The number of halogens is 1. The van der Waals surface area contributed by atoms with Gasteiger partial charge in [0.25, 0.3) is 0 Å². The molecule has 0 fully saturated rings. The molecule has 92 valence electrons. The third-order valence-corrected chi connectivity index (χ3v) is 2.42. The molecule has 1 aromatic rings. The summed E-state index contributed by atoms with van der Waals surface area (Å²) in [7, 11) is 0. The van der Waals surface area contributed by atoms with Crippen molar-refractivity contribution in [1.82, 2.24) is 0 Å². The van der Waals surface area contributed by atoms with E-state index in [1.165, 1.54) is 18.2 Å². The highest BCUT2D eigenvalue weighted by Gasteiger charge is 2.09. The number of benzene rings is 1. The van der Waals surface area contributed by atoms with Crippen LogP contribution in [-0.2, 0) is 4.79 Å². The second-order valence-electron chi connectivity index (χ2n) is 3.44. The monoisotopic (exact) mass is 256 g/mol. The number of carboxylic acid groups (broad SMARTS) is 1. The summed E-state index contributed by atoms with van der Waals surface area (Å²) >= 11 is 5.85. The number of amides is 1. The smallest absolute Gasteiger partial charge is 0.335 e. The topological polar surface area (TPSA) is 92.4 Å². The fourth-order valence-electron chi connectivity index (χ4n) is 1.23. The minimum atomic E-state index is -1.07. The fourth-order valence-corrected chi connectivity index (χ4v) is 1.39. The SMILES string of the molecule is NCCCC(=O)Nc1cc(C(=O)O)ccc1Cl. The molecule has 1 aromatic carbocycles. The highest BCUT2D eigenvalue weighted by Crippen LogP contribution is 2.23. The van der Waals surface area contributed by atoms with Crippen LogP contribution in [0.3, 0.4) is 0 Å². The lowest BCUT2D eigenvalue weighted by Crippen LogP contribution is -2.14. The molecule has 0 spiro atoms. The van der Waals surface area contributed by atoms with Crippen LogP contribution in [0.25, 0.3) is 0 Å². The number of anilines is 1. The summed E-state index contributed by atoms with van der Waals surface area (Å²) in [6.45, 7) is 0.427. The van der Waals surface area contributed by atoms with E-state index in [2.05, 4.69) is 5.32 Å². The molecule has 0 aliphatic rings. The molecule has 4 N–H and O–H groups in total. The van der Waals surface area contributed by atoms with Crippen LogP contribution in [0.5, 0.6) is 0 Å². The Hall–Kier alpha value is -1.59. The average Bonchev–Trinajstić information content (AvgIpc) is 2.29. The largest absolute Gasteiger partial charge is 0.478 e. The zero-order chi connectivity index (χ0) is 12.8. The molecule has 1 rings (SSSR count). The number of nitrogens with one attached hydrogen (secondary N) is 1. The van der Waals surface area contributed by atoms with Crippen LogP contribution in [0.4, 0.5) is 5.69 Å². The zero-order valence-corrected chi connectivity index (χ0v) is 9.83. The van der Waals surface area contributed by atoms with Gasteiger partial charge in [-0.1, -0.05) is 11.6 Å². The molecular formula is C11H13ClN2O3. The summed E-state index contributed by atoms with van der Waals surface area (Å²) in [5, 5.41) is 11.7. The Morgan fingerprint density at radius 2 is 2.12 bits per heavy atom. The molecule has 6 heteroatoms. The van der Waals surface area contributed by atoms with Crippen LogP contribution >= 0.6 is 11.6 Å². The van der Waals surface area contributed by atoms with E-state index in [1.54, 1.807) is 0 Å². The first kappa shape index (κ1) is 13.5. The Morgan fingerprint density at radius 3 is 2.71 bits per heavy atom. The van der Waals surface area contributed by atoms with Crippen molar-refractivity contribution in [2.75, 3.05) is 11.9 Å². The molecular weight excluding hydrogens is 244 g/mol. The predicted molar refractivity (Wildman–Crippen MR) is 65.3 cm³/mol. The summed E-state index contributed by atoms with van der Waals surface area (Å²) < 4.78 is 0. The number of nitrogens with two attached hydrogens (primary N) is 1. The number of hydrogen-bond acceptors (Lipinski definition) is 3. The van der Waals surface area contributed by atoms with Gasteiger partial charge in [0.1, 0.15) is 0 Å². The third kappa shape index (κ3) is 4.05. The molecule has 0 aliphatic heterocycles. The van der Waals surface area contributed by atoms with Crippen molar-refractivity contribution in [3.8, 4) is 0 Å². The lowest BCUT2D eigenvalue weighted by atomic mass is 10.2. The molecule has 17 heavy (non-hydrogen) atoms. The average molecular weight is 257 g/mol. The van der Waals surface area contributed by atoms with E-state index in [0.717, 1.165) is 0 Å². The highest BCUT2D eigenvalue weighted by atomic mass is 35.5. The maximum Gasteiger partial charge on any atom is 0.335 e. The normalized spacial score (nSPS) is 10.0. The van der Waals surface area contributed by atoms with Gasteiger partial charge in [-0.05, 0) is 31.2 Å². The van der Waals surface area contributed by atoms with Crippen molar-refractivity contribution >= 4 is 29.2 Å². The second kappa shape index (κ2) is 6.22. The first-order valence-corrected chi connectivity index (χ1v) is 5.45. The number of carboxylic acids is 1. The van der Waals surface area contributed by atoms with Crippen LogP contribution < -0.4 is 11.1 Å². The number of aromatic carboxylic acids is 1. The molecule has 0 bridgehead atoms. The van der Waals surface area contributed by atoms with Crippen molar-refractivity contribution in [2.45, 2.75) is 12.8 Å². The standard InChI is InChI=1S/C11H13ClN2O3/c12-8-4-3-7(11(16)17)6-9(8)14-10(15)2-1-5-13/h3-4,6H,1-2,5,13H2,(H,14,15)(H,16,17). The van der Waals surface area contributed by atoms with Gasteiger partial charge >= 0.3 is 5.97 Å². The molecule has 0 unspecified atom stereocenters. The summed E-state index contributed by atoms with van der Waals surface area (Å²) in [6, 6.07) is 4.13. The number of carbonyl (C=O) groups excluding carboxylic acids is 1. The quantitative estimate of drug-likeness (QED) is 0.748. The van der Waals surface area contributed by atoms with Crippen LogP contribution in [0.1, 0.15) is 23.2 Å². The maximum absolute atomic E-state index is 11.4. The fraction of sp³-hybridized carbons (Fsp3) is 0.273. The molecule has 0 radical (unpaired) electrons. The van der Waals surface area contributed by atoms with Crippen molar-refractivity contribution in [3.05, 3.63) is 28.8 Å². The van der Waals surface area contributed by atoms with Gasteiger partial charge in [0, 0.05) is 6.42 Å². The molecule has 5 nitrogen and oxygen atoms in total. The number of hydrogen-bond donors (Lipinski definition) is 3. The maximum atomic E-state index is 11.4. The van der Waals surface area contributed by atoms with Crippen molar-refractivity contribution in [1.29, 1.82) is 0 Å². The van der Waals surface area contributed by atoms with Gasteiger partial charge in [0.2, 0.25) is 5.91 Å². The first-order chi connectivity index (χ1) is 8.04. The predicted octanol–water partition coefficient (Wildman–Crippen LogP) is 1.72. The lowest BCUT2D eigenvalue weighted by molar-refractivity contribution is -0.116.